The Labute approximate surface area is 154 Å². The van der Waals surface area contributed by atoms with Crippen molar-refractivity contribution in [1.29, 1.82) is 0 Å². The molecular formula is C12H17BF3KO2. The molecule has 1 aromatic carbocycles. The van der Waals surface area contributed by atoms with Crippen molar-refractivity contribution in [2.24, 2.45) is 0 Å². The molecule has 0 unspecified atom stereocenters. The number of rotatable bonds is 7. The van der Waals surface area contributed by atoms with Crippen LogP contribution in [0.3, 0.4) is 0 Å². The molecule has 0 aliphatic heterocycles. The van der Waals surface area contributed by atoms with Crippen molar-refractivity contribution >= 4 is 12.4 Å². The molecule has 0 saturated carbocycles. The Balaban J connectivity index is 0.00000324. The average molecular weight is 300 g/mol. The van der Waals surface area contributed by atoms with Crippen molar-refractivity contribution in [1.82, 2.24) is 0 Å². The predicted octanol–water partition coefficient (Wildman–Crippen LogP) is -0.141. The summed E-state index contributed by atoms with van der Waals surface area (Å²) in [6.45, 7) is -0.0630. The minimum Gasteiger partial charge on any atom is -0.491 e. The van der Waals surface area contributed by atoms with Crippen LogP contribution in [0.25, 0.3) is 0 Å². The fourth-order valence-electron chi connectivity index (χ4n) is 1.57. The molecule has 0 amide bonds. The summed E-state index contributed by atoms with van der Waals surface area (Å²) in [5, 5.41) is 0. The smallest absolute Gasteiger partial charge is 0.491 e. The normalized spacial score (nSPS) is 11.0. The second-order valence-corrected chi connectivity index (χ2v) is 4.05. The van der Waals surface area contributed by atoms with Crippen molar-refractivity contribution < 1.29 is 73.8 Å². The van der Waals surface area contributed by atoms with Crippen LogP contribution < -0.4 is 61.6 Å². The first kappa shape index (κ1) is 19.5. The Morgan fingerprint density at radius 1 is 1.11 bits per heavy atom. The number of hydrogen-bond acceptors (Lipinski definition) is 2. The van der Waals surface area contributed by atoms with Gasteiger partial charge in [0.1, 0.15) is 12.4 Å². The molecule has 2 nitrogen and oxygen atoms in total. The third-order valence-corrected chi connectivity index (χ3v) is 2.44. The standard InChI is InChI=1S/C12H17BF3O2.K/c1-3-6-17-7-8-18-11-4-5-12(10(2)9-11)13(14,15)16;/h4-5,9H,3,6-8H2,1-2H3;/q-1;+1. The van der Waals surface area contributed by atoms with Gasteiger partial charge >= 0.3 is 58.4 Å². The molecule has 0 bridgehead atoms. The predicted molar refractivity (Wildman–Crippen MR) is 66.5 cm³/mol. The summed E-state index contributed by atoms with van der Waals surface area (Å²) < 4.78 is 48.2. The van der Waals surface area contributed by atoms with E-state index in [-0.39, 0.29) is 56.9 Å². The SMILES string of the molecule is CCCOCCOc1ccc([B-](F)(F)F)c(C)c1.[K+]. The van der Waals surface area contributed by atoms with Crippen LogP contribution in [0.15, 0.2) is 18.2 Å². The number of benzene rings is 1. The maximum atomic E-state index is 12.6. The average Bonchev–Trinajstić information content (AvgIpc) is 2.27. The van der Waals surface area contributed by atoms with Crippen LogP contribution in [0.1, 0.15) is 18.9 Å². The summed E-state index contributed by atoms with van der Waals surface area (Å²) in [4.78, 5) is 0. The number of aryl methyl sites for hydroxylation is 1. The van der Waals surface area contributed by atoms with Crippen LogP contribution in [0.5, 0.6) is 5.75 Å². The Kier molecular flexibility index (Phi) is 9.65. The zero-order valence-electron chi connectivity index (χ0n) is 11.6. The van der Waals surface area contributed by atoms with E-state index in [0.717, 1.165) is 12.5 Å². The van der Waals surface area contributed by atoms with Crippen molar-refractivity contribution in [3.63, 3.8) is 0 Å². The van der Waals surface area contributed by atoms with E-state index in [1.807, 2.05) is 6.92 Å². The van der Waals surface area contributed by atoms with Gasteiger partial charge in [-0.3, -0.25) is 0 Å². The molecule has 0 N–H and O–H groups in total. The number of halogens is 3. The van der Waals surface area contributed by atoms with E-state index in [2.05, 4.69) is 0 Å². The van der Waals surface area contributed by atoms with Crippen LogP contribution in [-0.4, -0.2) is 26.8 Å². The van der Waals surface area contributed by atoms with Gasteiger partial charge in [-0.05, 0) is 25.5 Å². The molecule has 0 radical (unpaired) electrons. The molecule has 0 fully saturated rings. The van der Waals surface area contributed by atoms with Crippen molar-refractivity contribution in [3.05, 3.63) is 23.8 Å². The number of hydrogen-bond donors (Lipinski definition) is 0. The minimum atomic E-state index is -4.95. The van der Waals surface area contributed by atoms with Crippen LogP contribution in [-0.2, 0) is 4.74 Å². The Hall–Kier alpha value is 0.471. The molecule has 19 heavy (non-hydrogen) atoms. The van der Waals surface area contributed by atoms with E-state index < -0.39 is 12.4 Å². The maximum Gasteiger partial charge on any atom is 1.00 e. The fraction of sp³-hybridized carbons (Fsp3) is 0.500. The quantitative estimate of drug-likeness (QED) is 0.515. The summed E-state index contributed by atoms with van der Waals surface area (Å²) in [6.07, 6.45) is 0.932. The van der Waals surface area contributed by atoms with Gasteiger partial charge in [-0.15, -0.1) is 5.46 Å². The molecule has 102 valence electrons. The van der Waals surface area contributed by atoms with Gasteiger partial charge in [0.2, 0.25) is 0 Å². The summed E-state index contributed by atoms with van der Waals surface area (Å²) in [5.74, 6) is 0.441. The molecule has 0 aliphatic carbocycles. The largest absolute Gasteiger partial charge is 1.00 e. The molecule has 1 rings (SSSR count). The van der Waals surface area contributed by atoms with Gasteiger partial charge in [0.15, 0.2) is 0 Å². The maximum absolute atomic E-state index is 12.6. The van der Waals surface area contributed by atoms with Gasteiger partial charge in [0.05, 0.1) is 6.61 Å². The Bertz CT molecular complexity index is 386. The second kappa shape index (κ2) is 9.42. The molecule has 0 aromatic heterocycles. The molecule has 0 heterocycles. The molecule has 0 aliphatic rings. The topological polar surface area (TPSA) is 18.5 Å². The molecule has 0 spiro atoms. The Morgan fingerprint density at radius 2 is 1.79 bits per heavy atom. The first-order chi connectivity index (χ1) is 8.45. The minimum absolute atomic E-state index is 0. The van der Waals surface area contributed by atoms with E-state index in [9.17, 15) is 12.9 Å². The summed E-state index contributed by atoms with van der Waals surface area (Å²) in [7, 11) is 0. The molecule has 0 atom stereocenters. The van der Waals surface area contributed by atoms with Crippen molar-refractivity contribution in [2.75, 3.05) is 19.8 Å². The molecule has 0 saturated heterocycles. The van der Waals surface area contributed by atoms with Crippen LogP contribution in [0.4, 0.5) is 12.9 Å². The second-order valence-electron chi connectivity index (χ2n) is 4.05. The van der Waals surface area contributed by atoms with Crippen LogP contribution in [0, 0.1) is 6.92 Å². The Morgan fingerprint density at radius 3 is 2.32 bits per heavy atom. The van der Waals surface area contributed by atoms with E-state index >= 15 is 0 Å². The fourth-order valence-corrected chi connectivity index (χ4v) is 1.57. The van der Waals surface area contributed by atoms with E-state index in [1.54, 1.807) is 0 Å². The summed E-state index contributed by atoms with van der Waals surface area (Å²) in [5.41, 5.74) is -0.376. The van der Waals surface area contributed by atoms with Gasteiger partial charge in [0, 0.05) is 6.61 Å². The summed E-state index contributed by atoms with van der Waals surface area (Å²) in [6, 6.07) is 3.82. The monoisotopic (exact) mass is 300 g/mol. The van der Waals surface area contributed by atoms with Crippen LogP contribution >= 0.6 is 0 Å². The van der Waals surface area contributed by atoms with E-state index in [4.69, 9.17) is 9.47 Å². The van der Waals surface area contributed by atoms with E-state index in [0.29, 0.717) is 25.6 Å². The third kappa shape index (κ3) is 7.15. The zero-order valence-corrected chi connectivity index (χ0v) is 14.7. The van der Waals surface area contributed by atoms with Gasteiger partial charge in [0.25, 0.3) is 0 Å². The van der Waals surface area contributed by atoms with Crippen LogP contribution in [0.2, 0.25) is 0 Å². The van der Waals surface area contributed by atoms with E-state index in [1.165, 1.54) is 19.1 Å². The third-order valence-electron chi connectivity index (χ3n) is 2.44. The summed E-state index contributed by atoms with van der Waals surface area (Å²) >= 11 is 0. The van der Waals surface area contributed by atoms with Gasteiger partial charge in [-0.2, -0.15) is 0 Å². The number of ether oxygens (including phenoxy) is 2. The molecule has 1 aromatic rings. The molecular weight excluding hydrogens is 283 g/mol. The van der Waals surface area contributed by atoms with Gasteiger partial charge in [-0.1, -0.05) is 18.6 Å². The first-order valence-electron chi connectivity index (χ1n) is 5.96. The molecule has 7 heteroatoms. The van der Waals surface area contributed by atoms with Crippen molar-refractivity contribution in [2.45, 2.75) is 20.3 Å². The van der Waals surface area contributed by atoms with Crippen molar-refractivity contribution in [3.8, 4) is 5.75 Å². The van der Waals surface area contributed by atoms with Gasteiger partial charge < -0.3 is 22.4 Å². The van der Waals surface area contributed by atoms with Gasteiger partial charge in [-0.25, -0.2) is 0 Å². The zero-order chi connectivity index (χ0) is 13.6. The first-order valence-corrected chi connectivity index (χ1v) is 5.96.